The third-order valence-electron chi connectivity index (χ3n) is 3.18. The second-order valence-corrected chi connectivity index (χ2v) is 6.91. The minimum Gasteiger partial charge on any atom is -0.357 e. The van der Waals surface area contributed by atoms with E-state index in [9.17, 15) is 0 Å². The second-order valence-electron chi connectivity index (χ2n) is 4.61. The summed E-state index contributed by atoms with van der Waals surface area (Å²) in [6.07, 6.45) is 0. The maximum absolute atomic E-state index is 3.67. The SMILES string of the molecule is c1ccc2[nH]c(CNC3CSCCSC3)cc2c1. The molecule has 0 unspecified atom stereocenters. The van der Waals surface area contributed by atoms with Crippen LogP contribution in [-0.2, 0) is 6.54 Å². The van der Waals surface area contributed by atoms with E-state index in [2.05, 4.69) is 64.2 Å². The second kappa shape index (κ2) is 6.04. The topological polar surface area (TPSA) is 27.8 Å². The number of fused-ring (bicyclic) bond motifs is 1. The van der Waals surface area contributed by atoms with Crippen LogP contribution < -0.4 is 5.32 Å². The van der Waals surface area contributed by atoms with Crippen molar-refractivity contribution < 1.29 is 0 Å². The van der Waals surface area contributed by atoms with Crippen molar-refractivity contribution >= 4 is 34.4 Å². The number of H-pyrrole nitrogens is 1. The van der Waals surface area contributed by atoms with E-state index in [0.29, 0.717) is 6.04 Å². The van der Waals surface area contributed by atoms with Crippen molar-refractivity contribution in [2.75, 3.05) is 23.0 Å². The van der Waals surface area contributed by atoms with Gasteiger partial charge in [0.15, 0.2) is 0 Å². The molecule has 96 valence electrons. The molecule has 1 aromatic heterocycles. The van der Waals surface area contributed by atoms with E-state index >= 15 is 0 Å². The Morgan fingerprint density at radius 3 is 2.72 bits per heavy atom. The molecule has 3 rings (SSSR count). The molecule has 0 bridgehead atoms. The molecule has 4 heteroatoms. The van der Waals surface area contributed by atoms with Gasteiger partial charge in [-0.2, -0.15) is 23.5 Å². The normalized spacial score (nSPS) is 18.0. The number of aromatic amines is 1. The van der Waals surface area contributed by atoms with Gasteiger partial charge in [-0.15, -0.1) is 0 Å². The molecule has 0 aliphatic carbocycles. The predicted octanol–water partition coefficient (Wildman–Crippen LogP) is 3.11. The molecule has 0 amide bonds. The van der Waals surface area contributed by atoms with E-state index in [4.69, 9.17) is 0 Å². The van der Waals surface area contributed by atoms with E-state index in [1.54, 1.807) is 0 Å². The van der Waals surface area contributed by atoms with Gasteiger partial charge in [0, 0.05) is 46.8 Å². The average Bonchev–Trinajstić information content (AvgIpc) is 2.63. The fraction of sp³-hybridized carbons (Fsp3) is 0.429. The molecule has 18 heavy (non-hydrogen) atoms. The van der Waals surface area contributed by atoms with Crippen LogP contribution in [-0.4, -0.2) is 34.0 Å². The maximum Gasteiger partial charge on any atom is 0.0456 e. The highest BCUT2D eigenvalue weighted by atomic mass is 32.2. The van der Waals surface area contributed by atoms with E-state index in [1.165, 1.54) is 39.6 Å². The van der Waals surface area contributed by atoms with Crippen LogP contribution in [0, 0.1) is 0 Å². The maximum atomic E-state index is 3.67. The van der Waals surface area contributed by atoms with Gasteiger partial charge in [-0.05, 0) is 17.5 Å². The summed E-state index contributed by atoms with van der Waals surface area (Å²) in [5.74, 6) is 5.09. The van der Waals surface area contributed by atoms with Crippen LogP contribution in [0.3, 0.4) is 0 Å². The van der Waals surface area contributed by atoms with E-state index in [0.717, 1.165) is 6.54 Å². The van der Waals surface area contributed by atoms with E-state index in [1.807, 2.05) is 0 Å². The zero-order chi connectivity index (χ0) is 12.2. The molecule has 0 radical (unpaired) electrons. The van der Waals surface area contributed by atoms with Crippen molar-refractivity contribution in [1.82, 2.24) is 10.3 Å². The first-order valence-corrected chi connectivity index (χ1v) is 8.68. The number of nitrogens with one attached hydrogen (secondary N) is 2. The molecule has 1 aliphatic heterocycles. The third-order valence-corrected chi connectivity index (χ3v) is 5.70. The van der Waals surface area contributed by atoms with Crippen molar-refractivity contribution in [2.24, 2.45) is 0 Å². The summed E-state index contributed by atoms with van der Waals surface area (Å²) in [7, 11) is 0. The van der Waals surface area contributed by atoms with Gasteiger partial charge in [0.2, 0.25) is 0 Å². The first kappa shape index (κ1) is 12.5. The molecule has 1 aromatic carbocycles. The molecule has 0 atom stereocenters. The summed E-state index contributed by atoms with van der Waals surface area (Å²) in [4.78, 5) is 3.47. The zero-order valence-electron chi connectivity index (χ0n) is 10.3. The molecule has 2 N–H and O–H groups in total. The van der Waals surface area contributed by atoms with Crippen molar-refractivity contribution in [2.45, 2.75) is 12.6 Å². The minimum atomic E-state index is 0.647. The van der Waals surface area contributed by atoms with Crippen LogP contribution in [0.15, 0.2) is 30.3 Å². The molecule has 2 nitrogen and oxygen atoms in total. The van der Waals surface area contributed by atoms with Crippen molar-refractivity contribution in [3.8, 4) is 0 Å². The summed E-state index contributed by atoms with van der Waals surface area (Å²) >= 11 is 4.14. The van der Waals surface area contributed by atoms with Crippen LogP contribution in [0.2, 0.25) is 0 Å². The lowest BCUT2D eigenvalue weighted by Gasteiger charge is -2.14. The molecule has 0 saturated carbocycles. The van der Waals surface area contributed by atoms with E-state index in [-0.39, 0.29) is 0 Å². The Balaban J connectivity index is 1.61. The monoisotopic (exact) mass is 278 g/mol. The highest BCUT2D eigenvalue weighted by Crippen LogP contribution is 2.18. The standard InChI is InChI=1S/C14H18N2S2/c1-2-4-14-11(3-1)7-12(16-14)8-15-13-9-17-5-6-18-10-13/h1-4,7,13,15-16H,5-6,8-10H2. The Bertz CT molecular complexity index is 468. The Morgan fingerprint density at radius 1 is 1.17 bits per heavy atom. The number of thioether (sulfide) groups is 2. The van der Waals surface area contributed by atoms with Gasteiger partial charge in [0.05, 0.1) is 0 Å². The average molecular weight is 278 g/mol. The lowest BCUT2D eigenvalue weighted by molar-refractivity contribution is 0.598. The number of aromatic nitrogens is 1. The molecule has 1 saturated heterocycles. The Hall–Kier alpha value is -0.580. The largest absolute Gasteiger partial charge is 0.357 e. The first-order valence-electron chi connectivity index (χ1n) is 6.37. The van der Waals surface area contributed by atoms with Crippen molar-refractivity contribution in [1.29, 1.82) is 0 Å². The molecular formula is C14H18N2S2. The van der Waals surface area contributed by atoms with Crippen LogP contribution in [0.5, 0.6) is 0 Å². The number of benzene rings is 1. The summed E-state index contributed by atoms with van der Waals surface area (Å²) < 4.78 is 0. The van der Waals surface area contributed by atoms with Gasteiger partial charge in [0.25, 0.3) is 0 Å². The van der Waals surface area contributed by atoms with E-state index < -0.39 is 0 Å². The van der Waals surface area contributed by atoms with Gasteiger partial charge in [-0.1, -0.05) is 18.2 Å². The quantitative estimate of drug-likeness (QED) is 0.903. The molecule has 2 heterocycles. The van der Waals surface area contributed by atoms with Crippen LogP contribution in [0.1, 0.15) is 5.69 Å². The molecule has 1 aliphatic rings. The van der Waals surface area contributed by atoms with Crippen LogP contribution in [0.4, 0.5) is 0 Å². The number of hydrogen-bond donors (Lipinski definition) is 2. The van der Waals surface area contributed by atoms with Gasteiger partial charge >= 0.3 is 0 Å². The third kappa shape index (κ3) is 3.05. The predicted molar refractivity (Wildman–Crippen MR) is 83.6 cm³/mol. The van der Waals surface area contributed by atoms with Crippen LogP contribution >= 0.6 is 23.5 Å². The number of hydrogen-bond acceptors (Lipinski definition) is 3. The molecular weight excluding hydrogens is 260 g/mol. The highest BCUT2D eigenvalue weighted by molar-refractivity contribution is 8.03. The van der Waals surface area contributed by atoms with Crippen molar-refractivity contribution in [3.05, 3.63) is 36.0 Å². The van der Waals surface area contributed by atoms with Gasteiger partial charge in [-0.3, -0.25) is 0 Å². The Labute approximate surface area is 116 Å². The summed E-state index contributed by atoms with van der Waals surface area (Å²) in [6, 6.07) is 11.4. The number of para-hydroxylation sites is 1. The highest BCUT2D eigenvalue weighted by Gasteiger charge is 2.12. The fourth-order valence-electron chi connectivity index (χ4n) is 2.22. The Morgan fingerprint density at radius 2 is 1.94 bits per heavy atom. The lowest BCUT2D eigenvalue weighted by atomic mass is 10.2. The lowest BCUT2D eigenvalue weighted by Crippen LogP contribution is -2.32. The van der Waals surface area contributed by atoms with Crippen molar-refractivity contribution in [3.63, 3.8) is 0 Å². The molecule has 2 aromatic rings. The fourth-order valence-corrected chi connectivity index (χ4v) is 4.68. The smallest absolute Gasteiger partial charge is 0.0456 e. The zero-order valence-corrected chi connectivity index (χ0v) is 11.9. The minimum absolute atomic E-state index is 0.647. The van der Waals surface area contributed by atoms with Crippen LogP contribution in [0.25, 0.3) is 10.9 Å². The molecule has 0 spiro atoms. The van der Waals surface area contributed by atoms with Gasteiger partial charge in [-0.25, -0.2) is 0 Å². The Kier molecular flexibility index (Phi) is 4.18. The summed E-state index contributed by atoms with van der Waals surface area (Å²) in [5, 5.41) is 4.97. The number of rotatable bonds is 3. The van der Waals surface area contributed by atoms with Gasteiger partial charge in [0.1, 0.15) is 0 Å². The molecule has 1 fully saturated rings. The van der Waals surface area contributed by atoms with Gasteiger partial charge < -0.3 is 10.3 Å². The summed E-state index contributed by atoms with van der Waals surface area (Å²) in [5.41, 5.74) is 2.52. The first-order chi connectivity index (χ1) is 8.92. The summed E-state index contributed by atoms with van der Waals surface area (Å²) in [6.45, 7) is 0.945.